The molecule has 1 aromatic rings. The first-order chi connectivity index (χ1) is 10.6. The lowest BCUT2D eigenvalue weighted by molar-refractivity contribution is 0.546. The normalized spacial score (nSPS) is 12.9. The van der Waals surface area contributed by atoms with Crippen molar-refractivity contribution in [3.63, 3.8) is 0 Å². The van der Waals surface area contributed by atoms with E-state index in [1.165, 1.54) is 25.7 Å². The zero-order valence-corrected chi connectivity index (χ0v) is 14.7. The van der Waals surface area contributed by atoms with Crippen molar-refractivity contribution in [1.29, 1.82) is 0 Å². The number of aliphatic imine (C=N–C) groups is 1. The van der Waals surface area contributed by atoms with Crippen molar-refractivity contribution in [3.05, 3.63) is 23.9 Å². The number of guanidine groups is 1. The topological polar surface area (TPSA) is 52.6 Å². The van der Waals surface area contributed by atoms with E-state index in [-0.39, 0.29) is 0 Å². The van der Waals surface area contributed by atoms with Crippen molar-refractivity contribution in [1.82, 2.24) is 15.6 Å². The summed E-state index contributed by atoms with van der Waals surface area (Å²) in [6.45, 7) is 5.10. The Morgan fingerprint density at radius 1 is 1.32 bits per heavy atom. The number of hydrogen-bond donors (Lipinski definition) is 2. The molecule has 0 saturated heterocycles. The molecular weight excluding hydrogens is 274 g/mol. The SMILES string of the molecule is CCCCCC(C)NC(=NC)NCc1cccc(N(C)C)n1. The van der Waals surface area contributed by atoms with E-state index in [9.17, 15) is 0 Å². The highest BCUT2D eigenvalue weighted by atomic mass is 15.2. The van der Waals surface area contributed by atoms with Gasteiger partial charge in [0.25, 0.3) is 0 Å². The first kappa shape index (κ1) is 18.3. The zero-order valence-electron chi connectivity index (χ0n) is 14.7. The first-order valence-corrected chi connectivity index (χ1v) is 8.17. The van der Waals surface area contributed by atoms with Gasteiger partial charge in [-0.15, -0.1) is 0 Å². The molecule has 1 atom stereocenters. The molecule has 0 fully saturated rings. The molecule has 1 unspecified atom stereocenters. The van der Waals surface area contributed by atoms with Gasteiger partial charge < -0.3 is 15.5 Å². The van der Waals surface area contributed by atoms with Gasteiger partial charge in [-0.25, -0.2) is 4.98 Å². The minimum absolute atomic E-state index is 0.429. The molecule has 124 valence electrons. The van der Waals surface area contributed by atoms with Crippen LogP contribution >= 0.6 is 0 Å². The molecule has 0 aliphatic carbocycles. The maximum absolute atomic E-state index is 4.60. The molecule has 0 aliphatic heterocycles. The van der Waals surface area contributed by atoms with Crippen LogP contribution in [0.5, 0.6) is 0 Å². The molecule has 0 bridgehead atoms. The maximum Gasteiger partial charge on any atom is 0.191 e. The second kappa shape index (κ2) is 10.0. The smallest absolute Gasteiger partial charge is 0.191 e. The van der Waals surface area contributed by atoms with Gasteiger partial charge in [-0.2, -0.15) is 0 Å². The highest BCUT2D eigenvalue weighted by Crippen LogP contribution is 2.07. The third kappa shape index (κ3) is 6.78. The summed E-state index contributed by atoms with van der Waals surface area (Å²) in [5, 5.41) is 6.76. The summed E-state index contributed by atoms with van der Waals surface area (Å²) in [5.74, 6) is 1.80. The van der Waals surface area contributed by atoms with E-state index in [2.05, 4.69) is 34.5 Å². The van der Waals surface area contributed by atoms with Crippen LogP contribution in [0.25, 0.3) is 0 Å². The summed E-state index contributed by atoms with van der Waals surface area (Å²) in [6, 6.07) is 6.49. The summed E-state index contributed by atoms with van der Waals surface area (Å²) in [7, 11) is 5.80. The summed E-state index contributed by atoms with van der Waals surface area (Å²) in [5.41, 5.74) is 1.01. The van der Waals surface area contributed by atoms with Crippen LogP contribution in [0.2, 0.25) is 0 Å². The molecule has 0 aliphatic rings. The van der Waals surface area contributed by atoms with Crippen molar-refractivity contribution in [2.24, 2.45) is 4.99 Å². The number of nitrogens with zero attached hydrogens (tertiary/aromatic N) is 3. The molecule has 1 heterocycles. The van der Waals surface area contributed by atoms with Crippen LogP contribution in [0.1, 0.15) is 45.2 Å². The Bertz CT molecular complexity index is 456. The quantitative estimate of drug-likeness (QED) is 0.440. The van der Waals surface area contributed by atoms with Crippen LogP contribution < -0.4 is 15.5 Å². The van der Waals surface area contributed by atoms with Crippen LogP contribution in [0.15, 0.2) is 23.2 Å². The number of anilines is 1. The molecular formula is C17H31N5. The fourth-order valence-electron chi connectivity index (χ4n) is 2.19. The second-order valence-electron chi connectivity index (χ2n) is 5.85. The molecule has 0 saturated carbocycles. The molecule has 0 amide bonds. The first-order valence-electron chi connectivity index (χ1n) is 8.17. The molecule has 2 N–H and O–H groups in total. The Labute approximate surface area is 135 Å². The van der Waals surface area contributed by atoms with E-state index in [4.69, 9.17) is 0 Å². The average Bonchev–Trinajstić information content (AvgIpc) is 2.52. The predicted octanol–water partition coefficient (Wildman–Crippen LogP) is 2.78. The lowest BCUT2D eigenvalue weighted by atomic mass is 10.1. The van der Waals surface area contributed by atoms with E-state index >= 15 is 0 Å². The average molecular weight is 305 g/mol. The van der Waals surface area contributed by atoms with Crippen molar-refractivity contribution in [2.45, 2.75) is 52.1 Å². The lowest BCUT2D eigenvalue weighted by Crippen LogP contribution is -2.41. The summed E-state index contributed by atoms with van der Waals surface area (Å²) in [4.78, 5) is 10.9. The van der Waals surface area contributed by atoms with Gasteiger partial charge in [-0.05, 0) is 25.5 Å². The zero-order chi connectivity index (χ0) is 16.4. The Morgan fingerprint density at radius 2 is 2.09 bits per heavy atom. The van der Waals surface area contributed by atoms with Crippen LogP contribution in [-0.2, 0) is 6.54 Å². The number of rotatable bonds is 8. The summed E-state index contributed by atoms with van der Waals surface area (Å²) >= 11 is 0. The van der Waals surface area contributed by atoms with Crippen molar-refractivity contribution >= 4 is 11.8 Å². The van der Waals surface area contributed by atoms with Gasteiger partial charge in [-0.1, -0.05) is 32.3 Å². The minimum Gasteiger partial charge on any atom is -0.363 e. The molecule has 22 heavy (non-hydrogen) atoms. The molecule has 5 nitrogen and oxygen atoms in total. The van der Waals surface area contributed by atoms with Gasteiger partial charge in [0, 0.05) is 27.2 Å². The monoisotopic (exact) mass is 305 g/mol. The van der Waals surface area contributed by atoms with E-state index < -0.39 is 0 Å². The third-order valence-electron chi connectivity index (χ3n) is 3.53. The summed E-state index contributed by atoms with van der Waals surface area (Å²) < 4.78 is 0. The van der Waals surface area contributed by atoms with Crippen LogP contribution in [-0.4, -0.2) is 38.1 Å². The fraction of sp³-hybridized carbons (Fsp3) is 0.647. The van der Waals surface area contributed by atoms with Crippen molar-refractivity contribution in [3.8, 4) is 0 Å². The van der Waals surface area contributed by atoms with E-state index in [0.717, 1.165) is 17.5 Å². The van der Waals surface area contributed by atoms with E-state index in [1.807, 2.05) is 37.2 Å². The third-order valence-corrected chi connectivity index (χ3v) is 3.53. The Balaban J connectivity index is 2.45. The largest absolute Gasteiger partial charge is 0.363 e. The van der Waals surface area contributed by atoms with Crippen molar-refractivity contribution in [2.75, 3.05) is 26.0 Å². The number of pyridine rings is 1. The van der Waals surface area contributed by atoms with Gasteiger partial charge in [0.2, 0.25) is 0 Å². The standard InChI is InChI=1S/C17H31N5/c1-6-7-8-10-14(2)20-17(18-3)19-13-15-11-9-12-16(21-15)22(4)5/h9,11-12,14H,6-8,10,13H2,1-5H3,(H2,18,19,20). The minimum atomic E-state index is 0.429. The Hall–Kier alpha value is -1.78. The molecule has 0 radical (unpaired) electrons. The molecule has 0 spiro atoms. The number of nitrogens with one attached hydrogen (secondary N) is 2. The number of aromatic nitrogens is 1. The highest BCUT2D eigenvalue weighted by molar-refractivity contribution is 5.79. The molecule has 5 heteroatoms. The fourth-order valence-corrected chi connectivity index (χ4v) is 2.19. The Morgan fingerprint density at radius 3 is 2.73 bits per heavy atom. The molecule has 0 aromatic carbocycles. The van der Waals surface area contributed by atoms with Gasteiger partial charge in [0.15, 0.2) is 5.96 Å². The number of unbranched alkanes of at least 4 members (excludes halogenated alkanes) is 2. The van der Waals surface area contributed by atoms with Crippen LogP contribution in [0.4, 0.5) is 5.82 Å². The maximum atomic E-state index is 4.60. The van der Waals surface area contributed by atoms with E-state index in [1.54, 1.807) is 7.05 Å². The molecule has 1 aromatic heterocycles. The molecule has 1 rings (SSSR count). The second-order valence-corrected chi connectivity index (χ2v) is 5.85. The lowest BCUT2D eigenvalue weighted by Gasteiger charge is -2.18. The number of hydrogen-bond acceptors (Lipinski definition) is 3. The highest BCUT2D eigenvalue weighted by Gasteiger charge is 2.06. The van der Waals surface area contributed by atoms with Crippen LogP contribution in [0, 0.1) is 0 Å². The predicted molar refractivity (Wildman–Crippen MR) is 95.5 cm³/mol. The van der Waals surface area contributed by atoms with Crippen molar-refractivity contribution < 1.29 is 0 Å². The van der Waals surface area contributed by atoms with Gasteiger partial charge in [0.1, 0.15) is 5.82 Å². The van der Waals surface area contributed by atoms with Gasteiger partial charge >= 0.3 is 0 Å². The van der Waals surface area contributed by atoms with E-state index in [0.29, 0.717) is 12.6 Å². The summed E-state index contributed by atoms with van der Waals surface area (Å²) in [6.07, 6.45) is 4.98. The van der Waals surface area contributed by atoms with Gasteiger partial charge in [0.05, 0.1) is 12.2 Å². The Kier molecular flexibility index (Phi) is 8.33. The van der Waals surface area contributed by atoms with Crippen LogP contribution in [0.3, 0.4) is 0 Å². The van der Waals surface area contributed by atoms with Gasteiger partial charge in [-0.3, -0.25) is 4.99 Å².